The van der Waals surface area contributed by atoms with Crippen LogP contribution < -0.4 is 5.32 Å². The molecule has 2 rings (SSSR count). The largest absolute Gasteiger partial charge is 0.462 e. The van der Waals surface area contributed by atoms with Gasteiger partial charge < -0.3 is 10.1 Å². The third-order valence-electron chi connectivity index (χ3n) is 3.11. The molecular formula is C17H17ClN2O3. The minimum absolute atomic E-state index is 0.140. The number of anilines is 1. The van der Waals surface area contributed by atoms with E-state index >= 15 is 0 Å². The van der Waals surface area contributed by atoms with E-state index in [-0.39, 0.29) is 22.6 Å². The standard InChI is InChI=1S/C17H17ClN2O3/c1-2-3-11-23-17(22)12-6-8-13(9-7-12)20-16(21)14-5-4-10-19-15(14)18/h4-10H,2-3,11H2,1H3,(H,20,21). The van der Waals surface area contributed by atoms with Gasteiger partial charge in [0.05, 0.1) is 17.7 Å². The molecule has 1 aromatic heterocycles. The van der Waals surface area contributed by atoms with Crippen LogP contribution in [0.4, 0.5) is 5.69 Å². The molecule has 0 spiro atoms. The molecular weight excluding hydrogens is 316 g/mol. The van der Waals surface area contributed by atoms with Crippen molar-refractivity contribution in [2.75, 3.05) is 11.9 Å². The predicted molar refractivity (Wildman–Crippen MR) is 88.8 cm³/mol. The quantitative estimate of drug-likeness (QED) is 0.494. The van der Waals surface area contributed by atoms with Crippen LogP contribution in [0.3, 0.4) is 0 Å². The van der Waals surface area contributed by atoms with E-state index in [2.05, 4.69) is 10.3 Å². The van der Waals surface area contributed by atoms with Crippen molar-refractivity contribution in [3.8, 4) is 0 Å². The number of amides is 1. The average molecular weight is 333 g/mol. The van der Waals surface area contributed by atoms with Crippen molar-refractivity contribution < 1.29 is 14.3 Å². The van der Waals surface area contributed by atoms with Crippen molar-refractivity contribution >= 4 is 29.2 Å². The number of nitrogens with one attached hydrogen (secondary N) is 1. The van der Waals surface area contributed by atoms with Crippen LogP contribution >= 0.6 is 11.6 Å². The second-order valence-electron chi connectivity index (χ2n) is 4.86. The Morgan fingerprint density at radius 3 is 2.61 bits per heavy atom. The molecule has 0 atom stereocenters. The Labute approximate surface area is 139 Å². The third kappa shape index (κ3) is 4.79. The number of benzene rings is 1. The average Bonchev–Trinajstić information content (AvgIpc) is 2.56. The summed E-state index contributed by atoms with van der Waals surface area (Å²) in [5.74, 6) is -0.729. The molecule has 2 aromatic rings. The van der Waals surface area contributed by atoms with Crippen molar-refractivity contribution in [2.24, 2.45) is 0 Å². The van der Waals surface area contributed by atoms with Gasteiger partial charge in [-0.3, -0.25) is 4.79 Å². The van der Waals surface area contributed by atoms with Gasteiger partial charge in [0.1, 0.15) is 5.15 Å². The number of rotatable bonds is 6. The highest BCUT2D eigenvalue weighted by atomic mass is 35.5. The number of halogens is 1. The van der Waals surface area contributed by atoms with Gasteiger partial charge in [-0.25, -0.2) is 9.78 Å². The fourth-order valence-corrected chi connectivity index (χ4v) is 2.04. The van der Waals surface area contributed by atoms with Crippen LogP contribution in [0.1, 0.15) is 40.5 Å². The maximum Gasteiger partial charge on any atom is 0.338 e. The zero-order valence-electron chi connectivity index (χ0n) is 12.7. The van der Waals surface area contributed by atoms with Crippen LogP contribution in [0.2, 0.25) is 5.15 Å². The van der Waals surface area contributed by atoms with Crippen molar-refractivity contribution in [1.82, 2.24) is 4.98 Å². The molecule has 0 saturated heterocycles. The van der Waals surface area contributed by atoms with Gasteiger partial charge in [-0.15, -0.1) is 0 Å². The summed E-state index contributed by atoms with van der Waals surface area (Å²) in [4.78, 5) is 27.7. The van der Waals surface area contributed by atoms with Gasteiger partial charge in [-0.2, -0.15) is 0 Å². The number of aromatic nitrogens is 1. The van der Waals surface area contributed by atoms with Gasteiger partial charge in [0.25, 0.3) is 5.91 Å². The Bertz CT molecular complexity index is 686. The molecule has 1 aromatic carbocycles. The SMILES string of the molecule is CCCCOC(=O)c1ccc(NC(=O)c2cccnc2Cl)cc1. The van der Waals surface area contributed by atoms with Gasteiger partial charge in [0.15, 0.2) is 0 Å². The molecule has 0 bridgehead atoms. The number of carbonyl (C=O) groups excluding carboxylic acids is 2. The molecule has 0 unspecified atom stereocenters. The van der Waals surface area contributed by atoms with Crippen molar-refractivity contribution in [3.63, 3.8) is 0 Å². The minimum Gasteiger partial charge on any atom is -0.462 e. The lowest BCUT2D eigenvalue weighted by atomic mass is 10.2. The lowest BCUT2D eigenvalue weighted by molar-refractivity contribution is 0.0499. The zero-order chi connectivity index (χ0) is 16.7. The number of pyridine rings is 1. The predicted octanol–water partition coefficient (Wildman–Crippen LogP) is 3.94. The summed E-state index contributed by atoms with van der Waals surface area (Å²) < 4.78 is 5.12. The van der Waals surface area contributed by atoms with E-state index in [0.717, 1.165) is 12.8 Å². The number of esters is 1. The van der Waals surface area contributed by atoms with Crippen LogP contribution in [0, 0.1) is 0 Å². The van der Waals surface area contributed by atoms with Crippen LogP contribution in [-0.2, 0) is 4.74 Å². The summed E-state index contributed by atoms with van der Waals surface area (Å²) in [6, 6.07) is 9.71. The highest BCUT2D eigenvalue weighted by Gasteiger charge is 2.12. The normalized spacial score (nSPS) is 10.2. The van der Waals surface area contributed by atoms with E-state index in [9.17, 15) is 9.59 Å². The van der Waals surface area contributed by atoms with Crippen LogP contribution in [0.25, 0.3) is 0 Å². The Morgan fingerprint density at radius 1 is 1.22 bits per heavy atom. The molecule has 0 radical (unpaired) electrons. The van der Waals surface area contributed by atoms with Gasteiger partial charge >= 0.3 is 5.97 Å². The van der Waals surface area contributed by atoms with Gasteiger partial charge in [0.2, 0.25) is 0 Å². The second-order valence-corrected chi connectivity index (χ2v) is 5.22. The van der Waals surface area contributed by atoms with Gasteiger partial charge in [-0.1, -0.05) is 24.9 Å². The van der Waals surface area contributed by atoms with E-state index < -0.39 is 0 Å². The van der Waals surface area contributed by atoms with Crippen molar-refractivity contribution in [2.45, 2.75) is 19.8 Å². The highest BCUT2D eigenvalue weighted by Crippen LogP contribution is 2.16. The summed E-state index contributed by atoms with van der Waals surface area (Å²) in [5, 5.41) is 2.84. The fraction of sp³-hybridized carbons (Fsp3) is 0.235. The summed E-state index contributed by atoms with van der Waals surface area (Å²) in [7, 11) is 0. The maximum absolute atomic E-state index is 12.1. The summed E-state index contributed by atoms with van der Waals surface area (Å²) in [6.45, 7) is 2.44. The van der Waals surface area contributed by atoms with Crippen LogP contribution in [0.15, 0.2) is 42.6 Å². The smallest absolute Gasteiger partial charge is 0.338 e. The molecule has 5 nitrogen and oxygen atoms in total. The lowest BCUT2D eigenvalue weighted by Gasteiger charge is -2.07. The number of nitrogens with zero attached hydrogens (tertiary/aromatic N) is 1. The Kier molecular flexibility index (Phi) is 6.11. The monoisotopic (exact) mass is 332 g/mol. The second kappa shape index (κ2) is 8.29. The van der Waals surface area contributed by atoms with E-state index in [0.29, 0.717) is 17.9 Å². The number of hydrogen-bond acceptors (Lipinski definition) is 4. The van der Waals surface area contributed by atoms with Crippen molar-refractivity contribution in [1.29, 1.82) is 0 Å². The first-order valence-corrected chi connectivity index (χ1v) is 7.68. The first-order valence-electron chi connectivity index (χ1n) is 7.31. The Balaban J connectivity index is 1.99. The molecule has 0 saturated carbocycles. The van der Waals surface area contributed by atoms with Gasteiger partial charge in [-0.05, 0) is 42.8 Å². The van der Waals surface area contributed by atoms with Crippen molar-refractivity contribution in [3.05, 3.63) is 58.9 Å². The summed E-state index contributed by atoms with van der Waals surface area (Å²) >= 11 is 5.88. The van der Waals surface area contributed by atoms with Crippen LogP contribution in [-0.4, -0.2) is 23.5 Å². The Hall–Kier alpha value is -2.40. The highest BCUT2D eigenvalue weighted by molar-refractivity contribution is 6.33. The third-order valence-corrected chi connectivity index (χ3v) is 3.41. The Morgan fingerprint density at radius 2 is 1.96 bits per heavy atom. The molecule has 0 aliphatic heterocycles. The molecule has 1 N–H and O–H groups in total. The maximum atomic E-state index is 12.1. The lowest BCUT2D eigenvalue weighted by Crippen LogP contribution is -2.13. The van der Waals surface area contributed by atoms with Gasteiger partial charge in [0, 0.05) is 11.9 Å². The number of ether oxygens (including phenoxy) is 1. The molecule has 0 aliphatic rings. The van der Waals surface area contributed by atoms with E-state index in [4.69, 9.17) is 16.3 Å². The number of hydrogen-bond donors (Lipinski definition) is 1. The summed E-state index contributed by atoms with van der Waals surface area (Å²) in [6.07, 6.45) is 3.32. The molecule has 23 heavy (non-hydrogen) atoms. The zero-order valence-corrected chi connectivity index (χ0v) is 13.5. The molecule has 1 heterocycles. The van der Waals surface area contributed by atoms with E-state index in [1.807, 2.05) is 6.92 Å². The topological polar surface area (TPSA) is 68.3 Å². The number of unbranched alkanes of at least 4 members (excludes halogenated alkanes) is 1. The molecule has 1 amide bonds. The number of carbonyl (C=O) groups is 2. The fourth-order valence-electron chi connectivity index (χ4n) is 1.84. The van der Waals surface area contributed by atoms with E-state index in [1.54, 1.807) is 36.4 Å². The van der Waals surface area contributed by atoms with Crippen LogP contribution in [0.5, 0.6) is 0 Å². The first kappa shape index (κ1) is 17.0. The first-order chi connectivity index (χ1) is 11.1. The van der Waals surface area contributed by atoms with E-state index in [1.165, 1.54) is 6.20 Å². The molecule has 120 valence electrons. The molecule has 0 fully saturated rings. The molecule has 6 heteroatoms. The molecule has 0 aliphatic carbocycles. The minimum atomic E-state index is -0.369. The summed E-state index contributed by atoms with van der Waals surface area (Å²) in [5.41, 5.74) is 1.29.